The van der Waals surface area contributed by atoms with E-state index >= 15 is 0 Å². The average molecular weight is 303 g/mol. The minimum absolute atomic E-state index is 0.349. The monoisotopic (exact) mass is 303 g/mol. The topological polar surface area (TPSA) is 56.1 Å². The number of carbonyl (C=O) groups excluding carboxylic acids is 1. The van der Waals surface area contributed by atoms with E-state index in [-0.39, 0.29) is 5.97 Å². The van der Waals surface area contributed by atoms with Gasteiger partial charge < -0.3 is 9.47 Å². The molecule has 0 aromatic carbocycles. The number of carbonyl (C=O) groups is 1. The molecule has 0 N–H and O–H groups in total. The van der Waals surface area contributed by atoms with Crippen molar-refractivity contribution >= 4 is 11.5 Å². The van der Waals surface area contributed by atoms with Gasteiger partial charge in [0.2, 0.25) is 0 Å². The van der Waals surface area contributed by atoms with E-state index in [1.54, 1.807) is 17.6 Å². The molecule has 6 nitrogen and oxygen atoms in total. The molecule has 2 aromatic rings. The van der Waals surface area contributed by atoms with E-state index in [0.717, 1.165) is 25.4 Å². The Labute approximate surface area is 129 Å². The summed E-state index contributed by atoms with van der Waals surface area (Å²) in [5.74, 6) is 0.393. The van der Waals surface area contributed by atoms with Crippen molar-refractivity contribution in [3.05, 3.63) is 30.1 Å². The summed E-state index contributed by atoms with van der Waals surface area (Å²) in [6.45, 7) is 6.06. The van der Waals surface area contributed by atoms with Crippen molar-refractivity contribution in [1.82, 2.24) is 14.5 Å². The SMILES string of the molecule is CCOC(=O)c1cnn2ccc(OCCN3CCCC3)cc12. The summed E-state index contributed by atoms with van der Waals surface area (Å²) in [5.41, 5.74) is 1.17. The summed E-state index contributed by atoms with van der Waals surface area (Å²) in [7, 11) is 0. The zero-order valence-electron chi connectivity index (χ0n) is 12.8. The smallest absolute Gasteiger partial charge is 0.341 e. The molecule has 22 heavy (non-hydrogen) atoms. The van der Waals surface area contributed by atoms with Gasteiger partial charge in [-0.3, -0.25) is 4.90 Å². The highest BCUT2D eigenvalue weighted by Crippen LogP contribution is 2.19. The lowest BCUT2D eigenvalue weighted by atomic mass is 10.2. The molecule has 0 unspecified atom stereocenters. The van der Waals surface area contributed by atoms with Crippen LogP contribution < -0.4 is 4.74 Å². The van der Waals surface area contributed by atoms with E-state index < -0.39 is 0 Å². The van der Waals surface area contributed by atoms with Crippen molar-refractivity contribution in [3.8, 4) is 5.75 Å². The fraction of sp³-hybridized carbons (Fsp3) is 0.500. The number of hydrogen-bond acceptors (Lipinski definition) is 5. The van der Waals surface area contributed by atoms with Crippen LogP contribution in [0.3, 0.4) is 0 Å². The number of ether oxygens (including phenoxy) is 2. The maximum atomic E-state index is 11.9. The quantitative estimate of drug-likeness (QED) is 0.764. The van der Waals surface area contributed by atoms with Crippen LogP contribution in [0.25, 0.3) is 5.52 Å². The highest BCUT2D eigenvalue weighted by molar-refractivity contribution is 5.96. The third-order valence-corrected chi connectivity index (χ3v) is 3.86. The molecule has 1 saturated heterocycles. The van der Waals surface area contributed by atoms with Crippen LogP contribution in [0.1, 0.15) is 30.1 Å². The molecule has 1 fully saturated rings. The number of pyridine rings is 1. The third-order valence-electron chi connectivity index (χ3n) is 3.86. The fourth-order valence-electron chi connectivity index (χ4n) is 2.72. The number of rotatable bonds is 6. The van der Waals surface area contributed by atoms with E-state index in [0.29, 0.717) is 24.3 Å². The van der Waals surface area contributed by atoms with Crippen molar-refractivity contribution < 1.29 is 14.3 Å². The number of fused-ring (bicyclic) bond motifs is 1. The molecule has 0 bridgehead atoms. The Morgan fingerprint density at radius 3 is 2.95 bits per heavy atom. The van der Waals surface area contributed by atoms with Crippen molar-refractivity contribution in [2.45, 2.75) is 19.8 Å². The first-order valence-corrected chi connectivity index (χ1v) is 7.77. The number of esters is 1. The van der Waals surface area contributed by atoms with Crippen LogP contribution in [0.2, 0.25) is 0 Å². The Hall–Kier alpha value is -2.08. The summed E-state index contributed by atoms with van der Waals surface area (Å²) < 4.78 is 12.5. The van der Waals surface area contributed by atoms with Gasteiger partial charge in [-0.25, -0.2) is 9.31 Å². The highest BCUT2D eigenvalue weighted by Gasteiger charge is 2.15. The van der Waals surface area contributed by atoms with Gasteiger partial charge in [0.05, 0.1) is 18.3 Å². The summed E-state index contributed by atoms with van der Waals surface area (Å²) >= 11 is 0. The number of nitrogens with zero attached hydrogens (tertiary/aromatic N) is 3. The molecule has 6 heteroatoms. The van der Waals surface area contributed by atoms with Crippen molar-refractivity contribution in [2.24, 2.45) is 0 Å². The van der Waals surface area contributed by atoms with Gasteiger partial charge in [-0.2, -0.15) is 5.10 Å². The molecule has 0 aliphatic carbocycles. The Morgan fingerprint density at radius 2 is 2.18 bits per heavy atom. The zero-order valence-corrected chi connectivity index (χ0v) is 12.8. The summed E-state index contributed by atoms with van der Waals surface area (Å²) in [6.07, 6.45) is 5.89. The van der Waals surface area contributed by atoms with Crippen LogP contribution in [0, 0.1) is 0 Å². The molecule has 1 aliphatic heterocycles. The van der Waals surface area contributed by atoms with Gasteiger partial charge in [-0.15, -0.1) is 0 Å². The molecule has 0 amide bonds. The van der Waals surface area contributed by atoms with Gasteiger partial charge in [-0.05, 0) is 38.9 Å². The highest BCUT2D eigenvalue weighted by atomic mass is 16.5. The average Bonchev–Trinajstić information content (AvgIpc) is 3.16. The summed E-state index contributed by atoms with van der Waals surface area (Å²) in [5, 5.41) is 4.16. The predicted octanol–water partition coefficient (Wildman–Crippen LogP) is 1.99. The van der Waals surface area contributed by atoms with Gasteiger partial charge >= 0.3 is 5.97 Å². The third kappa shape index (κ3) is 3.22. The molecule has 0 radical (unpaired) electrons. The Balaban J connectivity index is 1.68. The lowest BCUT2D eigenvalue weighted by molar-refractivity contribution is 0.0528. The van der Waals surface area contributed by atoms with Crippen LogP contribution >= 0.6 is 0 Å². The fourth-order valence-corrected chi connectivity index (χ4v) is 2.72. The number of aromatic nitrogens is 2. The van der Waals surface area contributed by atoms with Gasteiger partial charge in [-0.1, -0.05) is 0 Å². The normalized spacial score (nSPS) is 15.3. The molecule has 118 valence electrons. The maximum absolute atomic E-state index is 11.9. The molecule has 3 rings (SSSR count). The Bertz CT molecular complexity index is 647. The van der Waals surface area contributed by atoms with Gasteiger partial charge in [0.15, 0.2) is 0 Å². The second-order valence-corrected chi connectivity index (χ2v) is 5.37. The second kappa shape index (κ2) is 6.79. The van der Waals surface area contributed by atoms with Crippen LogP contribution in [-0.2, 0) is 4.74 Å². The van der Waals surface area contributed by atoms with Crippen LogP contribution in [0.5, 0.6) is 5.75 Å². The molecular formula is C16H21N3O3. The van der Waals surface area contributed by atoms with Crippen LogP contribution in [-0.4, -0.2) is 53.3 Å². The Morgan fingerprint density at radius 1 is 1.36 bits per heavy atom. The standard InChI is InChI=1S/C16H21N3O3/c1-2-21-16(20)14-12-17-19-8-5-13(11-15(14)19)22-10-9-18-6-3-4-7-18/h5,8,11-12H,2-4,6-7,9-10H2,1H3. The molecule has 2 aromatic heterocycles. The summed E-state index contributed by atoms with van der Waals surface area (Å²) in [4.78, 5) is 14.3. The molecule has 1 aliphatic rings. The van der Waals surface area contributed by atoms with Crippen molar-refractivity contribution in [2.75, 3.05) is 32.8 Å². The minimum Gasteiger partial charge on any atom is -0.492 e. The first-order valence-electron chi connectivity index (χ1n) is 7.77. The van der Waals surface area contributed by atoms with E-state index in [9.17, 15) is 4.79 Å². The van der Waals surface area contributed by atoms with Gasteiger partial charge in [0.1, 0.15) is 17.9 Å². The maximum Gasteiger partial charge on any atom is 0.341 e. The van der Waals surface area contributed by atoms with Gasteiger partial charge in [0.25, 0.3) is 0 Å². The Kier molecular flexibility index (Phi) is 4.58. The number of hydrogen-bond donors (Lipinski definition) is 0. The van der Waals surface area contributed by atoms with Gasteiger partial charge in [0, 0.05) is 18.8 Å². The predicted molar refractivity (Wildman–Crippen MR) is 82.3 cm³/mol. The van der Waals surface area contributed by atoms with E-state index in [1.807, 2.05) is 12.1 Å². The van der Waals surface area contributed by atoms with Crippen molar-refractivity contribution in [1.29, 1.82) is 0 Å². The van der Waals surface area contributed by atoms with Crippen molar-refractivity contribution in [3.63, 3.8) is 0 Å². The largest absolute Gasteiger partial charge is 0.492 e. The van der Waals surface area contributed by atoms with E-state index in [1.165, 1.54) is 19.0 Å². The first kappa shape index (κ1) is 14.8. The number of likely N-dealkylation sites (tertiary alicyclic amines) is 1. The molecule has 0 spiro atoms. The zero-order chi connectivity index (χ0) is 15.4. The molecule has 0 atom stereocenters. The van der Waals surface area contributed by atoms with E-state index in [4.69, 9.17) is 9.47 Å². The molecule has 3 heterocycles. The van der Waals surface area contributed by atoms with Crippen LogP contribution in [0.15, 0.2) is 24.5 Å². The summed E-state index contributed by atoms with van der Waals surface area (Å²) in [6, 6.07) is 3.70. The molecular weight excluding hydrogens is 282 g/mol. The lowest BCUT2D eigenvalue weighted by Gasteiger charge is -2.15. The minimum atomic E-state index is -0.355. The molecule has 0 saturated carbocycles. The lowest BCUT2D eigenvalue weighted by Crippen LogP contribution is -2.25. The first-order chi connectivity index (χ1) is 10.8. The second-order valence-electron chi connectivity index (χ2n) is 5.37. The van der Waals surface area contributed by atoms with E-state index in [2.05, 4.69) is 10.00 Å². The van der Waals surface area contributed by atoms with Crippen LogP contribution in [0.4, 0.5) is 0 Å².